The number of rotatable bonds is 5. The van der Waals surface area contributed by atoms with E-state index < -0.39 is 0 Å². The van der Waals surface area contributed by atoms with Crippen LogP contribution in [0.4, 0.5) is 4.39 Å². The van der Waals surface area contributed by atoms with Crippen molar-refractivity contribution in [3.8, 4) is 5.75 Å². The molecule has 0 aromatic heterocycles. The Morgan fingerprint density at radius 2 is 2.25 bits per heavy atom. The van der Waals surface area contributed by atoms with Crippen LogP contribution < -0.4 is 10.5 Å². The van der Waals surface area contributed by atoms with Gasteiger partial charge in [-0.25, -0.2) is 4.39 Å². The SMILES string of the molecule is CCC1CCN(Cc2ccc(OC)cc2F)C(CN)C1. The maximum atomic E-state index is 14.0. The standard InChI is InChI=1S/C16H25FN2O/c1-3-12-6-7-19(14(8-12)10-18)11-13-4-5-15(20-2)9-16(13)17/h4-5,9,12,14H,3,6-8,10-11,18H2,1-2H3. The first-order chi connectivity index (χ1) is 9.67. The Morgan fingerprint density at radius 1 is 1.45 bits per heavy atom. The molecule has 20 heavy (non-hydrogen) atoms. The van der Waals surface area contributed by atoms with Gasteiger partial charge in [-0.05, 0) is 31.4 Å². The minimum absolute atomic E-state index is 0.197. The molecule has 1 saturated heterocycles. The van der Waals surface area contributed by atoms with Crippen molar-refractivity contribution in [2.45, 2.75) is 38.8 Å². The van der Waals surface area contributed by atoms with Gasteiger partial charge in [0.25, 0.3) is 0 Å². The fourth-order valence-electron chi connectivity index (χ4n) is 3.01. The van der Waals surface area contributed by atoms with Gasteiger partial charge in [-0.2, -0.15) is 0 Å². The molecule has 2 unspecified atom stereocenters. The highest BCUT2D eigenvalue weighted by molar-refractivity contribution is 5.28. The van der Waals surface area contributed by atoms with E-state index in [1.54, 1.807) is 7.11 Å². The van der Waals surface area contributed by atoms with Crippen molar-refractivity contribution in [3.63, 3.8) is 0 Å². The number of hydrogen-bond donors (Lipinski definition) is 1. The molecule has 112 valence electrons. The molecule has 0 amide bonds. The highest BCUT2D eigenvalue weighted by Gasteiger charge is 2.27. The van der Waals surface area contributed by atoms with E-state index in [-0.39, 0.29) is 5.82 Å². The summed E-state index contributed by atoms with van der Waals surface area (Å²) in [7, 11) is 1.55. The Morgan fingerprint density at radius 3 is 2.85 bits per heavy atom. The lowest BCUT2D eigenvalue weighted by Gasteiger charge is -2.39. The highest BCUT2D eigenvalue weighted by Crippen LogP contribution is 2.27. The molecule has 4 heteroatoms. The van der Waals surface area contributed by atoms with Gasteiger partial charge in [-0.15, -0.1) is 0 Å². The summed E-state index contributed by atoms with van der Waals surface area (Å²) in [5, 5.41) is 0. The second-order valence-electron chi connectivity index (χ2n) is 5.62. The van der Waals surface area contributed by atoms with Crippen molar-refractivity contribution < 1.29 is 9.13 Å². The number of likely N-dealkylation sites (tertiary alicyclic amines) is 1. The van der Waals surface area contributed by atoms with Gasteiger partial charge in [-0.1, -0.05) is 19.4 Å². The smallest absolute Gasteiger partial charge is 0.131 e. The Bertz CT molecular complexity index is 438. The van der Waals surface area contributed by atoms with Gasteiger partial charge in [0, 0.05) is 30.8 Å². The van der Waals surface area contributed by atoms with Gasteiger partial charge < -0.3 is 10.5 Å². The predicted molar refractivity (Wildman–Crippen MR) is 79.2 cm³/mol. The molecule has 2 atom stereocenters. The second kappa shape index (κ2) is 7.04. The van der Waals surface area contributed by atoms with Gasteiger partial charge in [0.05, 0.1) is 7.11 Å². The van der Waals surface area contributed by atoms with Crippen LogP contribution in [0.5, 0.6) is 5.75 Å². The van der Waals surface area contributed by atoms with Gasteiger partial charge in [-0.3, -0.25) is 4.90 Å². The maximum absolute atomic E-state index is 14.0. The van der Waals surface area contributed by atoms with Crippen molar-refractivity contribution in [3.05, 3.63) is 29.6 Å². The molecule has 0 saturated carbocycles. The zero-order valence-corrected chi connectivity index (χ0v) is 12.4. The first-order valence-electron chi connectivity index (χ1n) is 7.44. The molecule has 0 bridgehead atoms. The van der Waals surface area contributed by atoms with Gasteiger partial charge >= 0.3 is 0 Å². The second-order valence-corrected chi connectivity index (χ2v) is 5.62. The lowest BCUT2D eigenvalue weighted by molar-refractivity contribution is 0.106. The van der Waals surface area contributed by atoms with E-state index >= 15 is 0 Å². The molecule has 1 aliphatic heterocycles. The Hall–Kier alpha value is -1.13. The van der Waals surface area contributed by atoms with Gasteiger partial charge in [0.1, 0.15) is 11.6 Å². The van der Waals surface area contributed by atoms with E-state index in [0.29, 0.717) is 24.9 Å². The van der Waals surface area contributed by atoms with E-state index in [2.05, 4.69) is 11.8 Å². The van der Waals surface area contributed by atoms with Crippen LogP contribution in [0.3, 0.4) is 0 Å². The number of halogens is 1. The molecule has 3 nitrogen and oxygen atoms in total. The van der Waals surface area contributed by atoms with Crippen LogP contribution in [-0.4, -0.2) is 31.1 Å². The number of hydrogen-bond acceptors (Lipinski definition) is 3. The molecule has 1 heterocycles. The molecule has 0 aliphatic carbocycles. The van der Waals surface area contributed by atoms with Crippen LogP contribution in [0.15, 0.2) is 18.2 Å². The van der Waals surface area contributed by atoms with Crippen molar-refractivity contribution in [2.24, 2.45) is 11.7 Å². The quantitative estimate of drug-likeness (QED) is 0.901. The number of nitrogens with two attached hydrogens (primary N) is 1. The number of benzene rings is 1. The van der Waals surface area contributed by atoms with Crippen molar-refractivity contribution >= 4 is 0 Å². The molecular formula is C16H25FN2O. The Labute approximate surface area is 120 Å². The number of methoxy groups -OCH3 is 1. The summed E-state index contributed by atoms with van der Waals surface area (Å²) >= 11 is 0. The van der Waals surface area contributed by atoms with Crippen LogP contribution in [0.25, 0.3) is 0 Å². The average Bonchev–Trinajstić information content (AvgIpc) is 2.49. The van der Waals surface area contributed by atoms with Crippen molar-refractivity contribution in [1.82, 2.24) is 4.90 Å². The largest absolute Gasteiger partial charge is 0.497 e. The zero-order valence-electron chi connectivity index (χ0n) is 12.4. The van der Waals surface area contributed by atoms with Crippen LogP contribution in [0.1, 0.15) is 31.7 Å². The molecular weight excluding hydrogens is 255 g/mol. The fourth-order valence-corrected chi connectivity index (χ4v) is 3.01. The lowest BCUT2D eigenvalue weighted by atomic mass is 9.88. The summed E-state index contributed by atoms with van der Waals surface area (Å²) in [5.41, 5.74) is 6.61. The number of nitrogens with zero attached hydrogens (tertiary/aromatic N) is 1. The Kier molecular flexibility index (Phi) is 5.38. The van der Waals surface area contributed by atoms with E-state index in [1.807, 2.05) is 12.1 Å². The van der Waals surface area contributed by atoms with Crippen LogP contribution in [-0.2, 0) is 6.54 Å². The third-order valence-corrected chi connectivity index (χ3v) is 4.43. The molecule has 2 N–H and O–H groups in total. The molecule has 0 spiro atoms. The monoisotopic (exact) mass is 280 g/mol. The van der Waals surface area contributed by atoms with Crippen LogP contribution >= 0.6 is 0 Å². The highest BCUT2D eigenvalue weighted by atomic mass is 19.1. The van der Waals surface area contributed by atoms with Crippen LogP contribution in [0, 0.1) is 11.7 Å². The zero-order chi connectivity index (χ0) is 14.5. The van der Waals surface area contributed by atoms with Crippen LogP contribution in [0.2, 0.25) is 0 Å². The number of ether oxygens (including phenoxy) is 1. The normalized spacial score (nSPS) is 23.8. The summed E-state index contributed by atoms with van der Waals surface area (Å²) < 4.78 is 19.1. The lowest BCUT2D eigenvalue weighted by Crippen LogP contribution is -2.46. The van der Waals surface area contributed by atoms with Crippen molar-refractivity contribution in [1.29, 1.82) is 0 Å². The molecule has 1 aromatic rings. The summed E-state index contributed by atoms with van der Waals surface area (Å²) in [6, 6.07) is 5.45. The molecule has 2 rings (SSSR count). The summed E-state index contributed by atoms with van der Waals surface area (Å²) in [6.45, 7) is 4.52. The van der Waals surface area contributed by atoms with E-state index in [0.717, 1.165) is 24.4 Å². The topological polar surface area (TPSA) is 38.5 Å². The minimum Gasteiger partial charge on any atom is -0.497 e. The first kappa shape index (κ1) is 15.3. The van der Waals surface area contributed by atoms with Gasteiger partial charge in [0.2, 0.25) is 0 Å². The predicted octanol–water partition coefficient (Wildman–Crippen LogP) is 2.78. The van der Waals surface area contributed by atoms with E-state index in [9.17, 15) is 4.39 Å². The maximum Gasteiger partial charge on any atom is 0.131 e. The Balaban J connectivity index is 2.05. The summed E-state index contributed by atoms with van der Waals surface area (Å²) in [4.78, 5) is 2.32. The molecule has 1 aliphatic rings. The van der Waals surface area contributed by atoms with Crippen molar-refractivity contribution in [2.75, 3.05) is 20.2 Å². The third kappa shape index (κ3) is 3.49. The van der Waals surface area contributed by atoms with Gasteiger partial charge in [0.15, 0.2) is 0 Å². The average molecular weight is 280 g/mol. The molecule has 1 fully saturated rings. The summed E-state index contributed by atoms with van der Waals surface area (Å²) in [6.07, 6.45) is 3.52. The fraction of sp³-hybridized carbons (Fsp3) is 0.625. The van der Waals surface area contributed by atoms with E-state index in [1.165, 1.54) is 18.9 Å². The first-order valence-corrected chi connectivity index (χ1v) is 7.44. The molecule has 0 radical (unpaired) electrons. The minimum atomic E-state index is -0.197. The molecule has 1 aromatic carbocycles. The third-order valence-electron chi connectivity index (χ3n) is 4.43. The summed E-state index contributed by atoms with van der Waals surface area (Å²) in [5.74, 6) is 1.13. The number of piperidine rings is 1. The van der Waals surface area contributed by atoms with E-state index in [4.69, 9.17) is 10.5 Å².